The molecule has 0 spiro atoms. The number of nitro groups is 1. The first-order chi connectivity index (χ1) is 14.8. The number of benzene rings is 1. The molecule has 13 heteroatoms. The number of alkyl halides is 3. The summed E-state index contributed by atoms with van der Waals surface area (Å²) in [6, 6.07) is 6.34. The molecule has 1 unspecified atom stereocenters. The number of carbonyl (C=O) groups excluding carboxylic acids is 1. The number of halogens is 3. The Morgan fingerprint density at radius 1 is 1.22 bits per heavy atom. The number of ether oxygens (including phenoxy) is 3. The summed E-state index contributed by atoms with van der Waals surface area (Å²) in [5.41, 5.74) is -0.220. The van der Waals surface area contributed by atoms with E-state index in [1.165, 1.54) is 27.8 Å². The molecular weight excluding hydrogens is 437 g/mol. The van der Waals surface area contributed by atoms with E-state index in [0.717, 1.165) is 12.1 Å². The highest BCUT2D eigenvalue weighted by Crippen LogP contribution is 2.29. The van der Waals surface area contributed by atoms with Crippen molar-refractivity contribution in [2.45, 2.75) is 52.0 Å². The van der Waals surface area contributed by atoms with Crippen molar-refractivity contribution >= 4 is 17.7 Å². The van der Waals surface area contributed by atoms with Crippen molar-refractivity contribution in [2.24, 2.45) is 0 Å². The fourth-order valence-corrected chi connectivity index (χ4v) is 2.97. The molecule has 0 N–H and O–H groups in total. The van der Waals surface area contributed by atoms with Gasteiger partial charge in [0.05, 0.1) is 37.0 Å². The first kappa shape index (κ1) is 23.3. The van der Waals surface area contributed by atoms with E-state index in [2.05, 4.69) is 9.84 Å². The van der Waals surface area contributed by atoms with Crippen LogP contribution in [0.15, 0.2) is 30.3 Å². The number of aromatic nitrogens is 2. The zero-order valence-corrected chi connectivity index (χ0v) is 17.5. The Labute approximate surface area is 180 Å². The molecule has 0 radical (unpaired) electrons. The number of rotatable bonds is 5. The number of amides is 1. The van der Waals surface area contributed by atoms with Crippen LogP contribution in [0.5, 0.6) is 5.75 Å². The van der Waals surface area contributed by atoms with Crippen molar-refractivity contribution in [3.63, 3.8) is 0 Å². The molecule has 2 aromatic rings. The summed E-state index contributed by atoms with van der Waals surface area (Å²) in [5, 5.41) is 15.0. The van der Waals surface area contributed by atoms with Gasteiger partial charge >= 0.3 is 18.3 Å². The summed E-state index contributed by atoms with van der Waals surface area (Å²) >= 11 is 0. The highest BCUT2D eigenvalue weighted by molar-refractivity contribution is 5.87. The monoisotopic (exact) mass is 458 g/mol. The van der Waals surface area contributed by atoms with E-state index in [1.54, 1.807) is 20.8 Å². The van der Waals surface area contributed by atoms with Crippen molar-refractivity contribution in [3.05, 3.63) is 46.0 Å². The van der Waals surface area contributed by atoms with Gasteiger partial charge in [-0.2, -0.15) is 4.68 Å². The highest BCUT2D eigenvalue weighted by Gasteiger charge is 2.37. The lowest BCUT2D eigenvalue weighted by atomic mass is 10.2. The Bertz CT molecular complexity index is 984. The molecule has 0 saturated heterocycles. The maximum absolute atomic E-state index is 12.7. The SMILES string of the molecule is CC(C)(C)OC(=O)N1CC(OCc2ccc(OC(F)(F)F)cc2)Cn2nc([N+](=O)[O-])cc21. The van der Waals surface area contributed by atoms with Crippen molar-refractivity contribution in [2.75, 3.05) is 11.4 Å². The normalized spacial score (nSPS) is 16.4. The summed E-state index contributed by atoms with van der Waals surface area (Å²) in [4.78, 5) is 24.3. The van der Waals surface area contributed by atoms with Crippen LogP contribution >= 0.6 is 0 Å². The van der Waals surface area contributed by atoms with Gasteiger partial charge in [-0.25, -0.2) is 4.79 Å². The molecule has 1 aromatic heterocycles. The van der Waals surface area contributed by atoms with Gasteiger partial charge in [0.2, 0.25) is 0 Å². The molecule has 174 valence electrons. The Kier molecular flexibility index (Phi) is 6.30. The maximum Gasteiger partial charge on any atom is 0.573 e. The lowest BCUT2D eigenvalue weighted by molar-refractivity contribution is -0.389. The third-order valence-corrected chi connectivity index (χ3v) is 4.23. The Morgan fingerprint density at radius 2 is 1.88 bits per heavy atom. The largest absolute Gasteiger partial charge is 0.573 e. The number of carbonyl (C=O) groups is 1. The van der Waals surface area contributed by atoms with Crippen LogP contribution in [0, 0.1) is 10.1 Å². The zero-order chi connectivity index (χ0) is 23.7. The van der Waals surface area contributed by atoms with Crippen molar-refractivity contribution < 1.29 is 37.1 Å². The van der Waals surface area contributed by atoms with Gasteiger partial charge in [0.1, 0.15) is 11.4 Å². The number of nitrogens with zero attached hydrogens (tertiary/aromatic N) is 4. The molecule has 0 saturated carbocycles. The van der Waals surface area contributed by atoms with Crippen LogP contribution in [0.1, 0.15) is 26.3 Å². The quantitative estimate of drug-likeness (QED) is 0.492. The number of hydrogen-bond acceptors (Lipinski definition) is 7. The third kappa shape index (κ3) is 6.09. The van der Waals surface area contributed by atoms with E-state index in [4.69, 9.17) is 9.47 Å². The van der Waals surface area contributed by atoms with Crippen molar-refractivity contribution in [3.8, 4) is 5.75 Å². The van der Waals surface area contributed by atoms with E-state index < -0.39 is 34.9 Å². The second-order valence-corrected chi connectivity index (χ2v) is 8.02. The number of fused-ring (bicyclic) bond motifs is 1. The summed E-state index contributed by atoms with van der Waals surface area (Å²) in [6.07, 6.45) is -6.09. The predicted octanol–water partition coefficient (Wildman–Crippen LogP) is 4.03. The molecule has 1 aliphatic rings. The molecule has 10 nitrogen and oxygen atoms in total. The van der Waals surface area contributed by atoms with Crippen LogP contribution in [-0.4, -0.2) is 45.4 Å². The lowest BCUT2D eigenvalue weighted by Gasteiger charge is -2.32. The topological polar surface area (TPSA) is 109 Å². The fraction of sp³-hybridized carbons (Fsp3) is 0.474. The summed E-state index contributed by atoms with van der Waals surface area (Å²) < 4.78 is 53.1. The van der Waals surface area contributed by atoms with Crippen LogP contribution in [0.2, 0.25) is 0 Å². The minimum Gasteiger partial charge on any atom is -0.443 e. The first-order valence-electron chi connectivity index (χ1n) is 9.50. The van der Waals surface area contributed by atoms with Gasteiger partial charge < -0.3 is 24.3 Å². The van der Waals surface area contributed by atoms with Gasteiger partial charge in [0, 0.05) is 0 Å². The molecule has 32 heavy (non-hydrogen) atoms. The van der Waals surface area contributed by atoms with E-state index in [0.29, 0.717) is 5.56 Å². The summed E-state index contributed by atoms with van der Waals surface area (Å²) in [5.74, 6) is -0.572. The fourth-order valence-electron chi connectivity index (χ4n) is 2.97. The molecule has 1 amide bonds. The molecule has 1 aliphatic heterocycles. The number of hydrogen-bond donors (Lipinski definition) is 0. The highest BCUT2D eigenvalue weighted by atomic mass is 19.4. The van der Waals surface area contributed by atoms with Crippen LogP contribution < -0.4 is 9.64 Å². The van der Waals surface area contributed by atoms with Gasteiger partial charge in [-0.05, 0) is 43.4 Å². The minimum absolute atomic E-state index is 0.0256. The smallest absolute Gasteiger partial charge is 0.443 e. The number of anilines is 1. The van der Waals surface area contributed by atoms with Gasteiger partial charge in [0.15, 0.2) is 5.82 Å². The van der Waals surface area contributed by atoms with Crippen LogP contribution in [-0.2, 0) is 22.6 Å². The lowest BCUT2D eigenvalue weighted by Crippen LogP contribution is -2.47. The average Bonchev–Trinajstić information content (AvgIpc) is 3.08. The summed E-state index contributed by atoms with van der Waals surface area (Å²) in [6.45, 7) is 5.28. The Balaban J connectivity index is 1.72. The Hall–Kier alpha value is -3.35. The molecule has 1 atom stereocenters. The molecule has 0 bridgehead atoms. The molecular formula is C19H21F3N4O6. The second kappa shape index (κ2) is 8.65. The van der Waals surface area contributed by atoms with E-state index in [9.17, 15) is 28.1 Å². The molecule has 0 aliphatic carbocycles. The third-order valence-electron chi connectivity index (χ3n) is 4.23. The molecule has 2 heterocycles. The van der Waals surface area contributed by atoms with Crippen LogP contribution in [0.25, 0.3) is 0 Å². The minimum atomic E-state index is -4.78. The molecule has 1 aromatic carbocycles. The standard InChI is InChI=1S/C19H21F3N4O6/c1-18(2,3)32-17(27)24-9-14(10-25-16(24)8-15(23-25)26(28)29)30-11-12-4-6-13(7-5-12)31-19(20,21)22/h4-8,14H,9-11H2,1-3H3. The van der Waals surface area contributed by atoms with Gasteiger partial charge in [0.25, 0.3) is 0 Å². The van der Waals surface area contributed by atoms with Gasteiger partial charge in [-0.15, -0.1) is 13.2 Å². The predicted molar refractivity (Wildman–Crippen MR) is 104 cm³/mol. The van der Waals surface area contributed by atoms with Gasteiger partial charge in [-0.1, -0.05) is 12.1 Å². The zero-order valence-electron chi connectivity index (χ0n) is 17.5. The molecule has 0 fully saturated rings. The van der Waals surface area contributed by atoms with Crippen LogP contribution in [0.4, 0.5) is 29.6 Å². The van der Waals surface area contributed by atoms with E-state index >= 15 is 0 Å². The van der Waals surface area contributed by atoms with Gasteiger partial charge in [-0.3, -0.25) is 4.90 Å². The Morgan fingerprint density at radius 3 is 2.44 bits per heavy atom. The van der Waals surface area contributed by atoms with Crippen LogP contribution in [0.3, 0.4) is 0 Å². The van der Waals surface area contributed by atoms with E-state index in [-0.39, 0.29) is 31.3 Å². The average molecular weight is 458 g/mol. The maximum atomic E-state index is 12.7. The van der Waals surface area contributed by atoms with E-state index in [1.807, 2.05) is 0 Å². The van der Waals surface area contributed by atoms with Crippen molar-refractivity contribution in [1.82, 2.24) is 9.78 Å². The van der Waals surface area contributed by atoms with Crippen molar-refractivity contribution in [1.29, 1.82) is 0 Å². The molecule has 3 rings (SSSR count). The summed E-state index contributed by atoms with van der Waals surface area (Å²) in [7, 11) is 0. The first-order valence-corrected chi connectivity index (χ1v) is 9.50. The second-order valence-electron chi connectivity index (χ2n) is 8.02.